The summed E-state index contributed by atoms with van der Waals surface area (Å²) in [6.07, 6.45) is 4.15. The molecule has 1 aliphatic rings. The Kier molecular flexibility index (Phi) is 8.29. The lowest BCUT2D eigenvalue weighted by atomic mass is 10.1. The lowest BCUT2D eigenvalue weighted by molar-refractivity contribution is -0.142. The first-order chi connectivity index (χ1) is 15.2. The van der Waals surface area contributed by atoms with E-state index in [9.17, 15) is 14.0 Å². The number of hydrogen-bond donors (Lipinski definition) is 1. The van der Waals surface area contributed by atoms with Crippen LogP contribution >= 0.6 is 15.9 Å². The van der Waals surface area contributed by atoms with Gasteiger partial charge in [-0.1, -0.05) is 40.9 Å². The van der Waals surface area contributed by atoms with Gasteiger partial charge in [-0.05, 0) is 74.6 Å². The summed E-state index contributed by atoms with van der Waals surface area (Å²) in [5.41, 5.74) is 2.77. The number of hydrogen-bond acceptors (Lipinski definition) is 3. The van der Waals surface area contributed by atoms with Gasteiger partial charge in [0.15, 0.2) is 6.61 Å². The molecule has 1 aliphatic carbocycles. The third-order valence-electron chi connectivity index (χ3n) is 5.91. The first-order valence-electron chi connectivity index (χ1n) is 11.0. The standard InChI is InChI=1S/C25H30BrFN2O3/c1-16-12-22(13-17(2)24(16)26)32-15-23(30)29(14-19-8-10-20(27)11-9-19)18(3)25(31)28-21-6-4-5-7-21/h8-13,18,21H,4-7,14-15H2,1-3H3,(H,28,31). The Hall–Kier alpha value is -2.41. The Morgan fingerprint density at radius 1 is 1.16 bits per heavy atom. The van der Waals surface area contributed by atoms with E-state index >= 15 is 0 Å². The lowest BCUT2D eigenvalue weighted by Gasteiger charge is -2.29. The van der Waals surface area contributed by atoms with Crippen LogP contribution < -0.4 is 10.1 Å². The van der Waals surface area contributed by atoms with E-state index in [0.717, 1.165) is 46.8 Å². The Labute approximate surface area is 197 Å². The van der Waals surface area contributed by atoms with Crippen LogP contribution in [-0.4, -0.2) is 35.4 Å². The highest BCUT2D eigenvalue weighted by molar-refractivity contribution is 9.10. The zero-order valence-corrected chi connectivity index (χ0v) is 20.4. The third-order valence-corrected chi connectivity index (χ3v) is 7.16. The zero-order valence-electron chi connectivity index (χ0n) is 18.8. The SMILES string of the molecule is Cc1cc(OCC(=O)N(Cc2ccc(F)cc2)C(C)C(=O)NC2CCCC2)cc(C)c1Br. The molecule has 0 bridgehead atoms. The second-order valence-electron chi connectivity index (χ2n) is 8.47. The number of ether oxygens (including phenoxy) is 1. The van der Waals surface area contributed by atoms with E-state index in [1.165, 1.54) is 17.0 Å². The van der Waals surface area contributed by atoms with Crippen molar-refractivity contribution < 1.29 is 18.7 Å². The number of benzene rings is 2. The van der Waals surface area contributed by atoms with E-state index in [0.29, 0.717) is 5.75 Å². The average Bonchev–Trinajstić information content (AvgIpc) is 3.27. The minimum Gasteiger partial charge on any atom is -0.484 e. The first kappa shape index (κ1) is 24.2. The molecule has 1 fully saturated rings. The van der Waals surface area contributed by atoms with Gasteiger partial charge in [-0.3, -0.25) is 9.59 Å². The van der Waals surface area contributed by atoms with Gasteiger partial charge >= 0.3 is 0 Å². The van der Waals surface area contributed by atoms with Crippen molar-refractivity contribution in [2.24, 2.45) is 0 Å². The minimum absolute atomic E-state index is 0.165. The van der Waals surface area contributed by atoms with Gasteiger partial charge in [-0.25, -0.2) is 4.39 Å². The number of nitrogens with one attached hydrogen (secondary N) is 1. The number of amides is 2. The van der Waals surface area contributed by atoms with Gasteiger partial charge in [0.1, 0.15) is 17.6 Å². The van der Waals surface area contributed by atoms with E-state index in [4.69, 9.17) is 4.74 Å². The normalized spacial score (nSPS) is 14.8. The first-order valence-corrected chi connectivity index (χ1v) is 11.8. The topological polar surface area (TPSA) is 58.6 Å². The molecule has 0 aromatic heterocycles. The summed E-state index contributed by atoms with van der Waals surface area (Å²) in [4.78, 5) is 27.5. The van der Waals surface area contributed by atoms with Crippen molar-refractivity contribution in [3.8, 4) is 5.75 Å². The van der Waals surface area contributed by atoms with Crippen LogP contribution in [0.15, 0.2) is 40.9 Å². The zero-order chi connectivity index (χ0) is 23.3. The van der Waals surface area contributed by atoms with Crippen molar-refractivity contribution >= 4 is 27.7 Å². The Morgan fingerprint density at radius 2 is 1.75 bits per heavy atom. The maximum absolute atomic E-state index is 13.3. The predicted octanol–water partition coefficient (Wildman–Crippen LogP) is 5.06. The summed E-state index contributed by atoms with van der Waals surface area (Å²) < 4.78 is 20.1. The molecule has 0 heterocycles. The van der Waals surface area contributed by atoms with Crippen LogP contribution in [0.1, 0.15) is 49.3 Å². The number of rotatable bonds is 8. The molecule has 1 N–H and O–H groups in total. The third kappa shape index (κ3) is 6.31. The van der Waals surface area contributed by atoms with Crippen molar-refractivity contribution in [2.45, 2.75) is 65.1 Å². The van der Waals surface area contributed by atoms with Crippen molar-refractivity contribution in [3.63, 3.8) is 0 Å². The second kappa shape index (κ2) is 10.9. The summed E-state index contributed by atoms with van der Waals surface area (Å²) in [6, 6.07) is 9.17. The molecule has 172 valence electrons. The summed E-state index contributed by atoms with van der Waals surface area (Å²) >= 11 is 3.53. The fourth-order valence-corrected chi connectivity index (χ4v) is 4.21. The Morgan fingerprint density at radius 3 is 2.34 bits per heavy atom. The van der Waals surface area contributed by atoms with E-state index in [2.05, 4.69) is 21.2 Å². The largest absolute Gasteiger partial charge is 0.484 e. The van der Waals surface area contributed by atoms with Crippen LogP contribution in [-0.2, 0) is 16.1 Å². The molecule has 2 amide bonds. The summed E-state index contributed by atoms with van der Waals surface area (Å²) in [7, 11) is 0. The number of carbonyl (C=O) groups excluding carboxylic acids is 2. The molecule has 1 atom stereocenters. The molecule has 1 saturated carbocycles. The van der Waals surface area contributed by atoms with Gasteiger partial charge in [-0.15, -0.1) is 0 Å². The predicted molar refractivity (Wildman–Crippen MR) is 126 cm³/mol. The number of halogens is 2. The monoisotopic (exact) mass is 504 g/mol. The van der Waals surface area contributed by atoms with E-state index < -0.39 is 6.04 Å². The second-order valence-corrected chi connectivity index (χ2v) is 9.27. The fourth-order valence-electron chi connectivity index (χ4n) is 3.98. The van der Waals surface area contributed by atoms with Gasteiger partial charge in [-0.2, -0.15) is 0 Å². The van der Waals surface area contributed by atoms with Crippen molar-refractivity contribution in [2.75, 3.05) is 6.61 Å². The summed E-state index contributed by atoms with van der Waals surface area (Å²) in [5, 5.41) is 3.06. The smallest absolute Gasteiger partial charge is 0.261 e. The quantitative estimate of drug-likeness (QED) is 0.546. The van der Waals surface area contributed by atoms with Crippen molar-refractivity contribution in [1.29, 1.82) is 0 Å². The van der Waals surface area contributed by atoms with Crippen molar-refractivity contribution in [1.82, 2.24) is 10.2 Å². The molecule has 2 aromatic rings. The van der Waals surface area contributed by atoms with Crippen LogP contribution in [0.5, 0.6) is 5.75 Å². The van der Waals surface area contributed by atoms with Gasteiger partial charge in [0.05, 0.1) is 0 Å². The molecule has 2 aromatic carbocycles. The summed E-state index contributed by atoms with van der Waals surface area (Å²) in [6.45, 7) is 5.65. The highest BCUT2D eigenvalue weighted by Crippen LogP contribution is 2.26. The molecule has 3 rings (SSSR count). The molecule has 1 unspecified atom stereocenters. The van der Waals surface area contributed by atoms with Gasteiger partial charge in [0.25, 0.3) is 5.91 Å². The molecule has 0 spiro atoms. The maximum atomic E-state index is 13.3. The van der Waals surface area contributed by atoms with Crippen LogP contribution in [0.2, 0.25) is 0 Å². The van der Waals surface area contributed by atoms with Gasteiger partial charge in [0.2, 0.25) is 5.91 Å². The number of nitrogens with zero attached hydrogens (tertiary/aromatic N) is 1. The minimum atomic E-state index is -0.676. The van der Waals surface area contributed by atoms with Crippen LogP contribution in [0.25, 0.3) is 0 Å². The molecule has 5 nitrogen and oxygen atoms in total. The van der Waals surface area contributed by atoms with Crippen molar-refractivity contribution in [3.05, 3.63) is 63.4 Å². The fraction of sp³-hybridized carbons (Fsp3) is 0.440. The van der Waals surface area contributed by atoms with Gasteiger partial charge in [0, 0.05) is 17.1 Å². The molecule has 0 aliphatic heterocycles. The molecular formula is C25H30BrFN2O3. The molecular weight excluding hydrogens is 475 g/mol. The van der Waals surface area contributed by atoms with Crippen LogP contribution in [0.4, 0.5) is 4.39 Å². The summed E-state index contributed by atoms with van der Waals surface area (Å²) in [5.74, 6) is -0.228. The van der Waals surface area contributed by atoms with Crippen LogP contribution in [0.3, 0.4) is 0 Å². The Balaban J connectivity index is 1.73. The average molecular weight is 505 g/mol. The molecule has 0 radical (unpaired) electrons. The van der Waals surface area contributed by atoms with E-state index in [1.54, 1.807) is 19.1 Å². The highest BCUT2D eigenvalue weighted by Gasteiger charge is 2.28. The van der Waals surface area contributed by atoms with Gasteiger partial charge < -0.3 is 15.0 Å². The Bertz CT molecular complexity index is 935. The maximum Gasteiger partial charge on any atom is 0.261 e. The molecule has 7 heteroatoms. The highest BCUT2D eigenvalue weighted by atomic mass is 79.9. The number of aryl methyl sites for hydroxylation is 2. The van der Waals surface area contributed by atoms with E-state index in [1.807, 2.05) is 26.0 Å². The number of carbonyl (C=O) groups is 2. The van der Waals surface area contributed by atoms with Crippen LogP contribution in [0, 0.1) is 19.7 Å². The molecule has 32 heavy (non-hydrogen) atoms. The van der Waals surface area contributed by atoms with E-state index in [-0.39, 0.29) is 36.8 Å². The lowest BCUT2D eigenvalue weighted by Crippen LogP contribution is -2.50. The molecule has 0 saturated heterocycles.